The number of anilines is 2. The summed E-state index contributed by atoms with van der Waals surface area (Å²) in [5, 5.41) is 0. The van der Waals surface area contributed by atoms with E-state index < -0.39 is 0 Å². The minimum atomic E-state index is -0.260. The monoisotopic (exact) mass is 410 g/mol. The van der Waals surface area contributed by atoms with E-state index in [2.05, 4.69) is 24.3 Å². The highest BCUT2D eigenvalue weighted by atomic mass is 16.7. The molecule has 4 aromatic carbocycles. The molecule has 0 saturated heterocycles. The van der Waals surface area contributed by atoms with Gasteiger partial charge >= 0.3 is 0 Å². The van der Waals surface area contributed by atoms with Gasteiger partial charge in [0.15, 0.2) is 0 Å². The van der Waals surface area contributed by atoms with E-state index in [9.17, 15) is 0 Å². The van der Waals surface area contributed by atoms with Crippen LogP contribution in [0.3, 0.4) is 0 Å². The molecule has 0 aliphatic rings. The van der Waals surface area contributed by atoms with Crippen molar-refractivity contribution in [2.24, 2.45) is 0 Å². The third kappa shape index (κ3) is 5.31. The Balaban J connectivity index is 1.55. The van der Waals surface area contributed by atoms with Gasteiger partial charge < -0.3 is 20.9 Å². The maximum Gasteiger partial charge on any atom is 0.149 e. The number of nitrogen functional groups attached to an aromatic ring is 2. The van der Waals surface area contributed by atoms with Crippen molar-refractivity contribution in [2.75, 3.05) is 18.3 Å². The molecule has 0 spiro atoms. The number of hydrogen-bond acceptors (Lipinski definition) is 4. The highest BCUT2D eigenvalue weighted by molar-refractivity contribution is 5.43. The molecule has 0 amide bonds. The lowest BCUT2D eigenvalue weighted by molar-refractivity contribution is -0.101. The first-order valence-electron chi connectivity index (χ1n) is 10.2. The van der Waals surface area contributed by atoms with Gasteiger partial charge in [-0.3, -0.25) is 0 Å². The molecule has 4 nitrogen and oxygen atoms in total. The largest absolute Gasteiger partial charge is 0.399 e. The van der Waals surface area contributed by atoms with Gasteiger partial charge in [0.25, 0.3) is 0 Å². The van der Waals surface area contributed by atoms with E-state index in [0.717, 1.165) is 33.6 Å². The molecule has 0 aliphatic heterocycles. The number of benzene rings is 4. The van der Waals surface area contributed by atoms with Crippen LogP contribution in [-0.4, -0.2) is 6.79 Å². The quantitative estimate of drug-likeness (QED) is 0.288. The summed E-state index contributed by atoms with van der Waals surface area (Å²) >= 11 is 0. The average molecular weight is 411 g/mol. The van der Waals surface area contributed by atoms with Crippen molar-refractivity contribution in [2.45, 2.75) is 12.2 Å². The highest BCUT2D eigenvalue weighted by Gasteiger charge is 2.18. The van der Waals surface area contributed by atoms with Crippen molar-refractivity contribution in [3.8, 4) is 0 Å². The Morgan fingerprint density at radius 1 is 0.452 bits per heavy atom. The first-order chi connectivity index (χ1) is 15.2. The second-order valence-corrected chi connectivity index (χ2v) is 7.37. The predicted molar refractivity (Wildman–Crippen MR) is 125 cm³/mol. The van der Waals surface area contributed by atoms with Crippen LogP contribution < -0.4 is 11.5 Å². The van der Waals surface area contributed by atoms with E-state index in [-0.39, 0.29) is 19.0 Å². The summed E-state index contributed by atoms with van der Waals surface area (Å²) in [6, 6.07) is 35.7. The molecule has 0 heterocycles. The summed E-state index contributed by atoms with van der Waals surface area (Å²) in [6.45, 7) is 0.119. The van der Waals surface area contributed by atoms with Crippen LogP contribution in [0.5, 0.6) is 0 Å². The Hall–Kier alpha value is -3.60. The van der Waals surface area contributed by atoms with E-state index in [1.54, 1.807) is 0 Å². The van der Waals surface area contributed by atoms with Crippen molar-refractivity contribution < 1.29 is 9.47 Å². The highest BCUT2D eigenvalue weighted by Crippen LogP contribution is 2.30. The van der Waals surface area contributed by atoms with Crippen LogP contribution in [0.4, 0.5) is 11.4 Å². The van der Waals surface area contributed by atoms with Gasteiger partial charge in [-0.05, 0) is 46.5 Å². The molecule has 0 saturated carbocycles. The van der Waals surface area contributed by atoms with Gasteiger partial charge in [0.2, 0.25) is 0 Å². The van der Waals surface area contributed by atoms with Gasteiger partial charge in [0.1, 0.15) is 19.0 Å². The van der Waals surface area contributed by atoms with Crippen molar-refractivity contribution in [1.82, 2.24) is 0 Å². The lowest BCUT2D eigenvalue weighted by Crippen LogP contribution is -2.13. The zero-order valence-electron chi connectivity index (χ0n) is 17.2. The molecular weight excluding hydrogens is 384 g/mol. The molecule has 2 atom stereocenters. The maximum atomic E-state index is 6.26. The minimum absolute atomic E-state index is 0.119. The first kappa shape index (κ1) is 20.7. The Morgan fingerprint density at radius 2 is 0.774 bits per heavy atom. The zero-order valence-corrected chi connectivity index (χ0v) is 17.2. The van der Waals surface area contributed by atoms with Crippen LogP contribution in [-0.2, 0) is 9.47 Å². The van der Waals surface area contributed by atoms with Crippen molar-refractivity contribution in [3.63, 3.8) is 0 Å². The fourth-order valence-electron chi connectivity index (χ4n) is 3.54. The third-order valence-electron chi connectivity index (χ3n) is 5.15. The van der Waals surface area contributed by atoms with Crippen LogP contribution in [0.1, 0.15) is 34.5 Å². The first-order valence-corrected chi connectivity index (χ1v) is 10.2. The molecule has 0 fully saturated rings. The van der Waals surface area contributed by atoms with Gasteiger partial charge in [-0.25, -0.2) is 0 Å². The molecule has 4 aromatic rings. The Bertz CT molecular complexity index is 977. The summed E-state index contributed by atoms with van der Waals surface area (Å²) in [7, 11) is 0. The van der Waals surface area contributed by atoms with E-state index in [1.165, 1.54) is 0 Å². The number of ether oxygens (including phenoxy) is 2. The molecular formula is C27H26N2O2. The molecule has 0 aliphatic carbocycles. The van der Waals surface area contributed by atoms with Gasteiger partial charge in [-0.15, -0.1) is 0 Å². The zero-order chi connectivity index (χ0) is 21.5. The second-order valence-electron chi connectivity index (χ2n) is 7.37. The van der Waals surface area contributed by atoms with Crippen LogP contribution >= 0.6 is 0 Å². The Kier molecular flexibility index (Phi) is 6.62. The summed E-state index contributed by atoms with van der Waals surface area (Å²) in [4.78, 5) is 0. The molecule has 0 radical (unpaired) electrons. The van der Waals surface area contributed by atoms with E-state index in [0.29, 0.717) is 0 Å². The van der Waals surface area contributed by atoms with Crippen LogP contribution in [0.2, 0.25) is 0 Å². The molecule has 4 rings (SSSR count). The molecule has 31 heavy (non-hydrogen) atoms. The van der Waals surface area contributed by atoms with Crippen LogP contribution in [0.25, 0.3) is 0 Å². The predicted octanol–water partition coefficient (Wildman–Crippen LogP) is 5.72. The molecule has 4 heteroatoms. The normalized spacial score (nSPS) is 12.9. The van der Waals surface area contributed by atoms with Crippen LogP contribution in [0.15, 0.2) is 109 Å². The molecule has 0 aromatic heterocycles. The van der Waals surface area contributed by atoms with Crippen molar-refractivity contribution >= 4 is 11.4 Å². The molecule has 156 valence electrons. The lowest BCUT2D eigenvalue weighted by atomic mass is 10.0. The standard InChI is InChI=1S/C27H26N2O2/c28-24-15-11-22(12-16-24)26(20-7-3-1-4-8-20)30-19-31-27(21-9-5-2-6-10-21)23-13-17-25(29)18-14-23/h1-18,26-27H,19,28-29H2. The summed E-state index contributed by atoms with van der Waals surface area (Å²) in [6.07, 6.45) is -0.519. The Labute approximate surface area is 183 Å². The number of hydrogen-bond donors (Lipinski definition) is 2. The average Bonchev–Trinajstić information content (AvgIpc) is 2.82. The third-order valence-corrected chi connectivity index (χ3v) is 5.15. The summed E-state index contributed by atoms with van der Waals surface area (Å²) in [5.74, 6) is 0. The topological polar surface area (TPSA) is 70.5 Å². The fourth-order valence-corrected chi connectivity index (χ4v) is 3.54. The van der Waals surface area contributed by atoms with Gasteiger partial charge in [0, 0.05) is 11.4 Å². The van der Waals surface area contributed by atoms with Gasteiger partial charge in [-0.2, -0.15) is 0 Å². The second kappa shape index (κ2) is 9.94. The minimum Gasteiger partial charge on any atom is -0.399 e. The number of rotatable bonds is 8. The summed E-state index contributed by atoms with van der Waals surface area (Å²) in [5.41, 5.74) is 17.3. The molecule has 0 bridgehead atoms. The molecule has 2 unspecified atom stereocenters. The van der Waals surface area contributed by atoms with Crippen molar-refractivity contribution in [3.05, 3.63) is 131 Å². The summed E-state index contributed by atoms with van der Waals surface area (Å²) < 4.78 is 12.5. The van der Waals surface area contributed by atoms with Crippen LogP contribution in [0, 0.1) is 0 Å². The maximum absolute atomic E-state index is 6.26. The van der Waals surface area contributed by atoms with E-state index in [1.807, 2.05) is 84.9 Å². The number of nitrogens with two attached hydrogens (primary N) is 2. The Morgan fingerprint density at radius 3 is 1.13 bits per heavy atom. The molecule has 4 N–H and O–H groups in total. The van der Waals surface area contributed by atoms with Gasteiger partial charge in [-0.1, -0.05) is 84.9 Å². The SMILES string of the molecule is Nc1ccc(C(OCOC(c2ccccc2)c2ccc(N)cc2)c2ccccc2)cc1. The lowest BCUT2D eigenvalue weighted by Gasteiger charge is -2.23. The van der Waals surface area contributed by atoms with E-state index >= 15 is 0 Å². The van der Waals surface area contributed by atoms with E-state index in [4.69, 9.17) is 20.9 Å². The fraction of sp³-hybridized carbons (Fsp3) is 0.111. The smallest absolute Gasteiger partial charge is 0.149 e. The van der Waals surface area contributed by atoms with Crippen molar-refractivity contribution in [1.29, 1.82) is 0 Å². The van der Waals surface area contributed by atoms with Gasteiger partial charge in [0.05, 0.1) is 0 Å².